The van der Waals surface area contributed by atoms with E-state index < -0.39 is 0 Å². The largest absolute Gasteiger partial charge is 0.350 e. The van der Waals surface area contributed by atoms with Crippen LogP contribution in [-0.4, -0.2) is 32.2 Å². The number of fused-ring (bicyclic) bond motifs is 1. The predicted molar refractivity (Wildman–Crippen MR) is 76.8 cm³/mol. The van der Waals surface area contributed by atoms with Crippen LogP contribution in [0.25, 0.3) is 0 Å². The molecule has 1 saturated carbocycles. The Morgan fingerprint density at radius 2 is 2.33 bits per heavy atom. The second kappa shape index (κ2) is 4.72. The van der Waals surface area contributed by atoms with Gasteiger partial charge in [-0.2, -0.15) is 5.10 Å². The van der Waals surface area contributed by atoms with Crippen molar-refractivity contribution in [3.8, 4) is 0 Å². The summed E-state index contributed by atoms with van der Waals surface area (Å²) in [5, 5.41) is 10.3. The third-order valence-corrected chi connectivity index (χ3v) is 4.68. The zero-order chi connectivity index (χ0) is 14.3. The van der Waals surface area contributed by atoms with Gasteiger partial charge in [-0.1, -0.05) is 0 Å². The van der Waals surface area contributed by atoms with Crippen LogP contribution in [0.5, 0.6) is 0 Å². The van der Waals surface area contributed by atoms with Gasteiger partial charge >= 0.3 is 0 Å². The van der Waals surface area contributed by atoms with Crippen LogP contribution in [0.2, 0.25) is 0 Å². The van der Waals surface area contributed by atoms with Gasteiger partial charge in [-0.15, -0.1) is 0 Å². The molecule has 0 saturated heterocycles. The monoisotopic (exact) mass is 285 g/mol. The number of H-pyrrole nitrogens is 1. The summed E-state index contributed by atoms with van der Waals surface area (Å²) in [6.45, 7) is 1.64. The number of aromatic amines is 1. The van der Waals surface area contributed by atoms with Crippen molar-refractivity contribution in [2.45, 2.75) is 38.6 Å². The minimum Gasteiger partial charge on any atom is -0.350 e. The average Bonchev–Trinajstić information content (AvgIpc) is 2.92. The minimum absolute atomic E-state index is 0.0358. The Hall–Kier alpha value is -2.11. The highest BCUT2D eigenvalue weighted by Crippen LogP contribution is 2.46. The number of hydrogen-bond acceptors (Lipinski definition) is 3. The summed E-state index contributed by atoms with van der Waals surface area (Å²) in [4.78, 5) is 16.4. The molecule has 0 radical (unpaired) electrons. The Labute approximate surface area is 123 Å². The quantitative estimate of drug-likeness (QED) is 0.869. The van der Waals surface area contributed by atoms with Gasteiger partial charge in [0.2, 0.25) is 0 Å². The number of amides is 1. The Morgan fingerprint density at radius 3 is 3.10 bits per heavy atom. The summed E-state index contributed by atoms with van der Waals surface area (Å²) < 4.78 is 2.09. The molecule has 2 heterocycles. The molecule has 2 aromatic rings. The van der Waals surface area contributed by atoms with E-state index >= 15 is 0 Å². The van der Waals surface area contributed by atoms with Gasteiger partial charge in [0.25, 0.3) is 5.91 Å². The summed E-state index contributed by atoms with van der Waals surface area (Å²) in [6, 6.07) is 0. The molecule has 0 aromatic carbocycles. The van der Waals surface area contributed by atoms with Crippen molar-refractivity contribution < 1.29 is 4.79 Å². The van der Waals surface area contributed by atoms with E-state index in [4.69, 9.17) is 0 Å². The first-order chi connectivity index (χ1) is 10.3. The Morgan fingerprint density at radius 1 is 1.43 bits per heavy atom. The molecule has 0 spiro atoms. The van der Waals surface area contributed by atoms with E-state index in [0.29, 0.717) is 12.2 Å². The van der Waals surface area contributed by atoms with Crippen LogP contribution in [0.3, 0.4) is 0 Å². The van der Waals surface area contributed by atoms with Crippen LogP contribution < -0.4 is 5.32 Å². The highest BCUT2D eigenvalue weighted by Gasteiger charge is 2.43. The molecule has 2 N–H and O–H groups in total. The van der Waals surface area contributed by atoms with Gasteiger partial charge in [-0.05, 0) is 32.1 Å². The van der Waals surface area contributed by atoms with E-state index in [1.54, 1.807) is 6.20 Å². The van der Waals surface area contributed by atoms with Gasteiger partial charge in [-0.3, -0.25) is 9.89 Å². The highest BCUT2D eigenvalue weighted by molar-refractivity contribution is 5.94. The van der Waals surface area contributed by atoms with Gasteiger partial charge in [0, 0.05) is 42.2 Å². The first-order valence-corrected chi connectivity index (χ1v) is 7.56. The number of nitrogens with one attached hydrogen (secondary N) is 2. The summed E-state index contributed by atoms with van der Waals surface area (Å²) in [6.07, 6.45) is 11.0. The molecule has 4 rings (SSSR count). The summed E-state index contributed by atoms with van der Waals surface area (Å²) in [5.74, 6) is -0.0358. The normalized spacial score (nSPS) is 18.5. The first kappa shape index (κ1) is 12.6. The predicted octanol–water partition coefficient (Wildman–Crippen LogP) is 1.31. The third-order valence-electron chi connectivity index (χ3n) is 4.68. The van der Waals surface area contributed by atoms with Gasteiger partial charge in [0.1, 0.15) is 0 Å². The van der Waals surface area contributed by atoms with Crippen LogP contribution in [0.4, 0.5) is 0 Å². The van der Waals surface area contributed by atoms with Crippen molar-refractivity contribution >= 4 is 5.91 Å². The summed E-state index contributed by atoms with van der Waals surface area (Å²) in [5.41, 5.74) is 3.06. The lowest BCUT2D eigenvalue weighted by atomic mass is 10.1. The lowest BCUT2D eigenvalue weighted by molar-refractivity contribution is 0.0937. The molecule has 2 aliphatic rings. The topological polar surface area (TPSA) is 75.6 Å². The lowest BCUT2D eigenvalue weighted by Gasteiger charge is -2.16. The molecule has 2 aliphatic carbocycles. The smallest absolute Gasteiger partial charge is 0.272 e. The van der Waals surface area contributed by atoms with Crippen molar-refractivity contribution in [3.63, 3.8) is 0 Å². The number of rotatable bonds is 5. The minimum atomic E-state index is -0.0358. The van der Waals surface area contributed by atoms with Gasteiger partial charge in [-0.25, -0.2) is 4.98 Å². The first-order valence-electron chi connectivity index (χ1n) is 7.56. The van der Waals surface area contributed by atoms with E-state index in [1.165, 1.54) is 0 Å². The molecule has 1 amide bonds. The molecule has 2 aromatic heterocycles. The van der Waals surface area contributed by atoms with E-state index in [0.717, 1.165) is 49.9 Å². The standard InChI is InChI=1S/C15H19N5O/c21-14(13-11-2-1-3-12(11)18-19-13)17-8-15(4-5-15)9-20-7-6-16-10-20/h6-7,10H,1-5,8-9H2,(H,17,21)(H,18,19). The molecular formula is C15H19N5O. The second-order valence-corrected chi connectivity index (χ2v) is 6.30. The maximum Gasteiger partial charge on any atom is 0.272 e. The van der Waals surface area contributed by atoms with Crippen LogP contribution in [0.1, 0.15) is 41.0 Å². The van der Waals surface area contributed by atoms with Crippen LogP contribution >= 0.6 is 0 Å². The molecule has 0 atom stereocenters. The zero-order valence-corrected chi connectivity index (χ0v) is 11.9. The molecule has 0 aliphatic heterocycles. The molecule has 0 bridgehead atoms. The van der Waals surface area contributed by atoms with Gasteiger partial charge in [0.15, 0.2) is 5.69 Å². The van der Waals surface area contributed by atoms with E-state index in [1.807, 2.05) is 12.5 Å². The second-order valence-electron chi connectivity index (χ2n) is 6.30. The summed E-state index contributed by atoms with van der Waals surface area (Å²) in [7, 11) is 0. The molecular weight excluding hydrogens is 266 g/mol. The fraction of sp³-hybridized carbons (Fsp3) is 0.533. The number of imidazole rings is 1. The Kier molecular flexibility index (Phi) is 2.83. The fourth-order valence-electron chi connectivity index (χ4n) is 3.19. The Balaban J connectivity index is 1.39. The summed E-state index contributed by atoms with van der Waals surface area (Å²) >= 11 is 0. The van der Waals surface area contributed by atoms with Crippen molar-refractivity contribution in [2.24, 2.45) is 5.41 Å². The van der Waals surface area contributed by atoms with Crippen molar-refractivity contribution in [3.05, 3.63) is 35.7 Å². The number of hydrogen-bond donors (Lipinski definition) is 2. The van der Waals surface area contributed by atoms with Crippen molar-refractivity contribution in [2.75, 3.05) is 6.54 Å². The molecule has 1 fully saturated rings. The maximum absolute atomic E-state index is 12.3. The van der Waals surface area contributed by atoms with Crippen LogP contribution in [0, 0.1) is 5.41 Å². The van der Waals surface area contributed by atoms with Gasteiger partial charge in [0.05, 0.1) is 6.33 Å². The van der Waals surface area contributed by atoms with Gasteiger partial charge < -0.3 is 9.88 Å². The Bertz CT molecular complexity index is 654. The average molecular weight is 285 g/mol. The number of aryl methyl sites for hydroxylation is 1. The highest BCUT2D eigenvalue weighted by atomic mass is 16.1. The zero-order valence-electron chi connectivity index (χ0n) is 11.9. The van der Waals surface area contributed by atoms with E-state index in [2.05, 4.69) is 25.1 Å². The van der Waals surface area contributed by atoms with E-state index in [-0.39, 0.29) is 11.3 Å². The van der Waals surface area contributed by atoms with Crippen LogP contribution in [0.15, 0.2) is 18.7 Å². The van der Waals surface area contributed by atoms with Crippen molar-refractivity contribution in [1.29, 1.82) is 0 Å². The fourth-order valence-corrected chi connectivity index (χ4v) is 3.19. The maximum atomic E-state index is 12.3. The molecule has 6 heteroatoms. The number of nitrogens with zero attached hydrogens (tertiary/aromatic N) is 3. The number of aromatic nitrogens is 4. The van der Waals surface area contributed by atoms with E-state index in [9.17, 15) is 4.79 Å². The molecule has 0 unspecified atom stereocenters. The lowest BCUT2D eigenvalue weighted by Crippen LogP contribution is -2.32. The molecule has 6 nitrogen and oxygen atoms in total. The SMILES string of the molecule is O=C(NCC1(Cn2ccnc2)CC1)c1n[nH]c2c1CCC2. The van der Waals surface area contributed by atoms with Crippen molar-refractivity contribution in [1.82, 2.24) is 25.1 Å². The number of carbonyl (C=O) groups is 1. The molecule has 21 heavy (non-hydrogen) atoms. The number of carbonyl (C=O) groups excluding carboxylic acids is 1. The third kappa shape index (κ3) is 2.34. The van der Waals surface area contributed by atoms with Crippen LogP contribution in [-0.2, 0) is 19.4 Å². The molecule has 110 valence electrons.